The molecular weight excluding hydrogens is 216 g/mol. The molecule has 3 nitrogen and oxygen atoms in total. The third kappa shape index (κ3) is 3.56. The third-order valence-electron chi connectivity index (χ3n) is 3.30. The number of aldehydes is 1. The van der Waals surface area contributed by atoms with Gasteiger partial charge >= 0.3 is 0 Å². The lowest BCUT2D eigenvalue weighted by Gasteiger charge is -2.25. The molecule has 0 amide bonds. The van der Waals surface area contributed by atoms with E-state index in [1.165, 1.54) is 0 Å². The van der Waals surface area contributed by atoms with Gasteiger partial charge < -0.3 is 9.84 Å². The second kappa shape index (κ2) is 5.82. The van der Waals surface area contributed by atoms with Crippen molar-refractivity contribution < 1.29 is 14.6 Å². The predicted octanol–water partition coefficient (Wildman–Crippen LogP) is 2.43. The molecule has 2 rings (SSSR count). The molecule has 1 aromatic carbocycles. The fraction of sp³-hybridized carbons (Fsp3) is 0.500. The van der Waals surface area contributed by atoms with E-state index >= 15 is 0 Å². The maximum Gasteiger partial charge on any atom is 0.150 e. The van der Waals surface area contributed by atoms with Crippen LogP contribution in [0.2, 0.25) is 0 Å². The minimum absolute atomic E-state index is 0.121. The smallest absolute Gasteiger partial charge is 0.150 e. The summed E-state index contributed by atoms with van der Waals surface area (Å²) < 4.78 is 5.68. The van der Waals surface area contributed by atoms with Gasteiger partial charge in [-0.3, -0.25) is 4.79 Å². The first-order valence-electron chi connectivity index (χ1n) is 6.14. The first kappa shape index (κ1) is 12.1. The molecule has 3 heteroatoms. The molecule has 17 heavy (non-hydrogen) atoms. The van der Waals surface area contributed by atoms with Crippen molar-refractivity contribution in [2.75, 3.05) is 6.61 Å². The monoisotopic (exact) mass is 234 g/mol. The Hall–Kier alpha value is -1.35. The van der Waals surface area contributed by atoms with Gasteiger partial charge in [0.15, 0.2) is 0 Å². The molecule has 0 aliphatic heterocycles. The van der Waals surface area contributed by atoms with E-state index in [-0.39, 0.29) is 6.10 Å². The zero-order chi connectivity index (χ0) is 12.1. The summed E-state index contributed by atoms with van der Waals surface area (Å²) in [5.74, 6) is 1.28. The molecule has 0 aromatic heterocycles. The maximum atomic E-state index is 10.6. The van der Waals surface area contributed by atoms with E-state index < -0.39 is 0 Å². The van der Waals surface area contributed by atoms with Crippen LogP contribution in [0.4, 0.5) is 0 Å². The van der Waals surface area contributed by atoms with Gasteiger partial charge in [0.2, 0.25) is 0 Å². The van der Waals surface area contributed by atoms with Gasteiger partial charge in [0, 0.05) is 5.56 Å². The Morgan fingerprint density at radius 2 is 2.06 bits per heavy atom. The van der Waals surface area contributed by atoms with Gasteiger partial charge in [-0.05, 0) is 43.7 Å². The molecule has 0 radical (unpaired) electrons. The predicted molar refractivity (Wildman–Crippen MR) is 65.3 cm³/mol. The first-order valence-corrected chi connectivity index (χ1v) is 6.14. The van der Waals surface area contributed by atoms with Gasteiger partial charge in [0.1, 0.15) is 12.0 Å². The van der Waals surface area contributed by atoms with Crippen molar-refractivity contribution in [3.63, 3.8) is 0 Å². The molecule has 0 saturated heterocycles. The van der Waals surface area contributed by atoms with E-state index in [1.54, 1.807) is 12.1 Å². The summed E-state index contributed by atoms with van der Waals surface area (Å²) in [6.45, 7) is 0.676. The highest BCUT2D eigenvalue weighted by molar-refractivity contribution is 5.75. The summed E-state index contributed by atoms with van der Waals surface area (Å²) >= 11 is 0. The van der Waals surface area contributed by atoms with Crippen molar-refractivity contribution in [1.29, 1.82) is 0 Å². The molecule has 0 unspecified atom stereocenters. The van der Waals surface area contributed by atoms with Crippen LogP contribution >= 0.6 is 0 Å². The highest BCUT2D eigenvalue weighted by Crippen LogP contribution is 2.25. The molecule has 0 heterocycles. The summed E-state index contributed by atoms with van der Waals surface area (Å²) in [6, 6.07) is 7.20. The minimum Gasteiger partial charge on any atom is -0.493 e. The van der Waals surface area contributed by atoms with Crippen LogP contribution in [-0.4, -0.2) is 24.1 Å². The van der Waals surface area contributed by atoms with E-state index in [9.17, 15) is 9.90 Å². The first-order chi connectivity index (χ1) is 8.28. The molecule has 1 aliphatic rings. The Kier molecular flexibility index (Phi) is 4.15. The number of aliphatic hydroxyl groups excluding tert-OH is 1. The van der Waals surface area contributed by atoms with Crippen LogP contribution in [0.15, 0.2) is 24.3 Å². The fourth-order valence-corrected chi connectivity index (χ4v) is 2.20. The van der Waals surface area contributed by atoms with Crippen molar-refractivity contribution in [3.8, 4) is 5.75 Å². The lowest BCUT2D eigenvalue weighted by atomic mass is 9.88. The van der Waals surface area contributed by atoms with Crippen molar-refractivity contribution in [2.45, 2.75) is 31.8 Å². The molecule has 0 bridgehead atoms. The van der Waals surface area contributed by atoms with Crippen LogP contribution in [0.1, 0.15) is 36.0 Å². The second-order valence-electron chi connectivity index (χ2n) is 4.68. The Balaban J connectivity index is 1.83. The maximum absolute atomic E-state index is 10.6. The Bertz CT molecular complexity index is 367. The highest BCUT2D eigenvalue weighted by Gasteiger charge is 2.19. The third-order valence-corrected chi connectivity index (χ3v) is 3.30. The number of carbonyl (C=O) groups excluding carboxylic acids is 1. The molecule has 1 aromatic rings. The zero-order valence-corrected chi connectivity index (χ0v) is 9.84. The Morgan fingerprint density at radius 3 is 2.76 bits per heavy atom. The topological polar surface area (TPSA) is 46.5 Å². The van der Waals surface area contributed by atoms with Crippen LogP contribution in [0.25, 0.3) is 0 Å². The van der Waals surface area contributed by atoms with Crippen molar-refractivity contribution >= 4 is 6.29 Å². The molecular formula is C14H18O3. The average molecular weight is 234 g/mol. The molecule has 0 atom stereocenters. The van der Waals surface area contributed by atoms with Crippen LogP contribution < -0.4 is 4.74 Å². The summed E-state index contributed by atoms with van der Waals surface area (Å²) in [7, 11) is 0. The summed E-state index contributed by atoms with van der Waals surface area (Å²) in [5, 5.41) is 9.40. The lowest BCUT2D eigenvalue weighted by molar-refractivity contribution is 0.0916. The van der Waals surface area contributed by atoms with Gasteiger partial charge in [0.05, 0.1) is 12.7 Å². The SMILES string of the molecule is O=Cc1cccc(OCC2CCC(O)CC2)c1. The van der Waals surface area contributed by atoms with E-state index in [0.29, 0.717) is 18.1 Å². The van der Waals surface area contributed by atoms with Crippen LogP contribution in [0.3, 0.4) is 0 Å². The molecule has 1 aliphatic carbocycles. The van der Waals surface area contributed by atoms with Crippen molar-refractivity contribution in [3.05, 3.63) is 29.8 Å². The van der Waals surface area contributed by atoms with Gasteiger partial charge in [0.25, 0.3) is 0 Å². The average Bonchev–Trinajstić information content (AvgIpc) is 2.38. The Labute approximate surface area is 101 Å². The number of hydrogen-bond donors (Lipinski definition) is 1. The van der Waals surface area contributed by atoms with Gasteiger partial charge in [-0.2, -0.15) is 0 Å². The summed E-state index contributed by atoms with van der Waals surface area (Å²) in [6.07, 6.45) is 4.50. The molecule has 1 N–H and O–H groups in total. The van der Waals surface area contributed by atoms with E-state index in [4.69, 9.17) is 4.74 Å². The molecule has 1 saturated carbocycles. The van der Waals surface area contributed by atoms with E-state index in [2.05, 4.69) is 0 Å². The second-order valence-corrected chi connectivity index (χ2v) is 4.68. The zero-order valence-electron chi connectivity index (χ0n) is 9.84. The number of rotatable bonds is 4. The molecule has 92 valence electrons. The normalized spacial score (nSPS) is 24.3. The number of hydrogen-bond acceptors (Lipinski definition) is 3. The Morgan fingerprint density at radius 1 is 1.29 bits per heavy atom. The fourth-order valence-electron chi connectivity index (χ4n) is 2.20. The van der Waals surface area contributed by atoms with Crippen molar-refractivity contribution in [1.82, 2.24) is 0 Å². The van der Waals surface area contributed by atoms with Gasteiger partial charge in [-0.25, -0.2) is 0 Å². The summed E-state index contributed by atoms with van der Waals surface area (Å²) in [4.78, 5) is 10.6. The van der Waals surface area contributed by atoms with Gasteiger partial charge in [-0.15, -0.1) is 0 Å². The highest BCUT2D eigenvalue weighted by atomic mass is 16.5. The molecule has 1 fully saturated rings. The lowest BCUT2D eigenvalue weighted by Crippen LogP contribution is -2.22. The van der Waals surface area contributed by atoms with Crippen LogP contribution in [-0.2, 0) is 0 Å². The largest absolute Gasteiger partial charge is 0.493 e. The number of ether oxygens (including phenoxy) is 1. The van der Waals surface area contributed by atoms with Crippen LogP contribution in [0.5, 0.6) is 5.75 Å². The van der Waals surface area contributed by atoms with E-state index in [1.807, 2.05) is 12.1 Å². The minimum atomic E-state index is -0.121. The van der Waals surface area contributed by atoms with Gasteiger partial charge in [-0.1, -0.05) is 12.1 Å². The summed E-state index contributed by atoms with van der Waals surface area (Å²) in [5.41, 5.74) is 0.640. The molecule has 0 spiro atoms. The van der Waals surface area contributed by atoms with Crippen molar-refractivity contribution in [2.24, 2.45) is 5.92 Å². The standard InChI is InChI=1S/C14H18O3/c15-9-12-2-1-3-14(8-12)17-10-11-4-6-13(16)7-5-11/h1-3,8-9,11,13,16H,4-7,10H2. The number of benzene rings is 1. The quantitative estimate of drug-likeness (QED) is 0.814. The number of carbonyl (C=O) groups is 1. The van der Waals surface area contributed by atoms with Crippen LogP contribution in [0, 0.1) is 5.92 Å². The number of aliphatic hydroxyl groups is 1. The van der Waals surface area contributed by atoms with E-state index in [0.717, 1.165) is 37.7 Å².